The minimum Gasteiger partial charge on any atom is -0.339 e. The molecule has 0 amide bonds. The van der Waals surface area contributed by atoms with Gasteiger partial charge in [0.2, 0.25) is 5.89 Å². The Morgan fingerprint density at radius 2 is 1.95 bits per heavy atom. The Bertz CT molecular complexity index is 730. The molecule has 1 aromatic carbocycles. The third kappa shape index (κ3) is 2.16. The maximum atomic E-state index is 6.27. The Morgan fingerprint density at radius 1 is 1.15 bits per heavy atom. The molecule has 3 rings (SSSR count). The molecule has 2 N–H and O–H groups in total. The number of pyridine rings is 1. The Labute approximate surface area is 116 Å². The first-order valence-electron chi connectivity index (χ1n) is 6.59. The lowest BCUT2D eigenvalue weighted by Crippen LogP contribution is -2.14. The van der Waals surface area contributed by atoms with Gasteiger partial charge in [0.25, 0.3) is 0 Å². The zero-order valence-electron chi connectivity index (χ0n) is 11.4. The normalized spacial score (nSPS) is 13.0. The van der Waals surface area contributed by atoms with Crippen LogP contribution in [0.4, 0.5) is 0 Å². The van der Waals surface area contributed by atoms with Crippen molar-refractivity contribution in [1.29, 1.82) is 0 Å². The molecule has 5 heteroatoms. The fraction of sp³-hybridized carbons (Fsp3) is 0.267. The molecule has 0 saturated heterocycles. The molecule has 0 spiro atoms. The zero-order valence-corrected chi connectivity index (χ0v) is 11.4. The van der Waals surface area contributed by atoms with Gasteiger partial charge in [-0.2, -0.15) is 4.98 Å². The summed E-state index contributed by atoms with van der Waals surface area (Å²) in [6.45, 7) is 4.00. The van der Waals surface area contributed by atoms with Crippen molar-refractivity contribution in [1.82, 2.24) is 15.1 Å². The molecule has 1 atom stereocenters. The number of para-hydroxylation sites is 1. The van der Waals surface area contributed by atoms with E-state index in [2.05, 4.69) is 15.1 Å². The lowest BCUT2D eigenvalue weighted by molar-refractivity contribution is 0.359. The van der Waals surface area contributed by atoms with Crippen LogP contribution in [0.3, 0.4) is 0 Å². The molecule has 20 heavy (non-hydrogen) atoms. The van der Waals surface area contributed by atoms with Gasteiger partial charge in [-0.05, 0) is 6.07 Å². The molecule has 2 heterocycles. The number of aromatic nitrogens is 3. The first kappa shape index (κ1) is 12.7. The molecular weight excluding hydrogens is 252 g/mol. The van der Waals surface area contributed by atoms with Crippen molar-refractivity contribution in [2.45, 2.75) is 25.8 Å². The SMILES string of the molecule is CC(C)c1nc(C(N)c2cccc3cccnc23)no1. The van der Waals surface area contributed by atoms with Crippen molar-refractivity contribution in [3.8, 4) is 0 Å². The minimum atomic E-state index is -0.440. The molecule has 0 radical (unpaired) electrons. The molecule has 0 fully saturated rings. The maximum Gasteiger partial charge on any atom is 0.229 e. The van der Waals surface area contributed by atoms with E-state index >= 15 is 0 Å². The number of hydrogen-bond acceptors (Lipinski definition) is 5. The largest absolute Gasteiger partial charge is 0.339 e. The van der Waals surface area contributed by atoms with Gasteiger partial charge in [0.05, 0.1) is 11.6 Å². The Kier molecular flexibility index (Phi) is 3.20. The van der Waals surface area contributed by atoms with Crippen LogP contribution in [-0.4, -0.2) is 15.1 Å². The third-order valence-electron chi connectivity index (χ3n) is 3.23. The summed E-state index contributed by atoms with van der Waals surface area (Å²) >= 11 is 0. The van der Waals surface area contributed by atoms with E-state index in [0.29, 0.717) is 11.7 Å². The number of nitrogens with zero attached hydrogens (tertiary/aromatic N) is 3. The zero-order chi connectivity index (χ0) is 14.1. The Balaban J connectivity index is 2.05. The predicted molar refractivity (Wildman–Crippen MR) is 76.2 cm³/mol. The summed E-state index contributed by atoms with van der Waals surface area (Å²) in [4.78, 5) is 8.77. The van der Waals surface area contributed by atoms with E-state index < -0.39 is 6.04 Å². The first-order chi connectivity index (χ1) is 9.66. The summed E-state index contributed by atoms with van der Waals surface area (Å²) in [6.07, 6.45) is 1.76. The Hall–Kier alpha value is -2.27. The molecule has 0 aliphatic rings. The highest BCUT2D eigenvalue weighted by atomic mass is 16.5. The average Bonchev–Trinajstić information content (AvgIpc) is 2.96. The lowest BCUT2D eigenvalue weighted by Gasteiger charge is -2.10. The van der Waals surface area contributed by atoms with Gasteiger partial charge in [0, 0.05) is 23.1 Å². The van der Waals surface area contributed by atoms with Gasteiger partial charge in [-0.15, -0.1) is 0 Å². The van der Waals surface area contributed by atoms with Crippen molar-refractivity contribution in [3.63, 3.8) is 0 Å². The van der Waals surface area contributed by atoms with E-state index in [9.17, 15) is 0 Å². The second-order valence-corrected chi connectivity index (χ2v) is 5.05. The van der Waals surface area contributed by atoms with Crippen LogP contribution in [0.1, 0.15) is 43.1 Å². The molecule has 2 aromatic heterocycles. The van der Waals surface area contributed by atoms with Crippen LogP contribution in [-0.2, 0) is 0 Å². The second-order valence-electron chi connectivity index (χ2n) is 5.05. The summed E-state index contributed by atoms with van der Waals surface area (Å²) < 4.78 is 5.22. The highest BCUT2D eigenvalue weighted by Crippen LogP contribution is 2.25. The van der Waals surface area contributed by atoms with Crippen molar-refractivity contribution >= 4 is 10.9 Å². The molecule has 0 aliphatic heterocycles. The smallest absolute Gasteiger partial charge is 0.229 e. The van der Waals surface area contributed by atoms with Crippen LogP contribution in [0.25, 0.3) is 10.9 Å². The van der Waals surface area contributed by atoms with Gasteiger partial charge in [-0.1, -0.05) is 43.3 Å². The third-order valence-corrected chi connectivity index (χ3v) is 3.23. The molecule has 0 saturated carbocycles. The van der Waals surface area contributed by atoms with Crippen LogP contribution in [0.15, 0.2) is 41.1 Å². The first-order valence-corrected chi connectivity index (χ1v) is 6.59. The van der Waals surface area contributed by atoms with E-state index in [4.69, 9.17) is 10.3 Å². The summed E-state index contributed by atoms with van der Waals surface area (Å²) in [5.74, 6) is 1.28. The summed E-state index contributed by atoms with van der Waals surface area (Å²) in [5.41, 5.74) is 8.05. The van der Waals surface area contributed by atoms with Crippen LogP contribution in [0, 0.1) is 0 Å². The molecule has 3 aromatic rings. The number of nitrogens with two attached hydrogens (primary N) is 1. The molecule has 0 bridgehead atoms. The van der Waals surface area contributed by atoms with Crippen LogP contribution >= 0.6 is 0 Å². The number of fused-ring (bicyclic) bond motifs is 1. The molecule has 102 valence electrons. The van der Waals surface area contributed by atoms with E-state index in [0.717, 1.165) is 16.5 Å². The van der Waals surface area contributed by atoms with Crippen LogP contribution in [0.2, 0.25) is 0 Å². The van der Waals surface area contributed by atoms with Crippen molar-refractivity contribution in [2.75, 3.05) is 0 Å². The van der Waals surface area contributed by atoms with Crippen molar-refractivity contribution in [2.24, 2.45) is 5.73 Å². The van der Waals surface area contributed by atoms with Crippen molar-refractivity contribution in [3.05, 3.63) is 53.8 Å². The predicted octanol–water partition coefficient (Wildman–Crippen LogP) is 2.79. The standard InChI is InChI=1S/C15H16N4O/c1-9(2)15-18-14(19-20-15)12(16)11-7-3-5-10-6-4-8-17-13(10)11/h3-9,12H,16H2,1-2H3. The van der Waals surface area contributed by atoms with Crippen molar-refractivity contribution < 1.29 is 4.52 Å². The maximum absolute atomic E-state index is 6.27. The molecule has 1 unspecified atom stereocenters. The number of benzene rings is 1. The molecule has 0 aliphatic carbocycles. The monoisotopic (exact) mass is 268 g/mol. The average molecular weight is 268 g/mol. The summed E-state index contributed by atoms with van der Waals surface area (Å²) in [7, 11) is 0. The van der Waals surface area contributed by atoms with Crippen LogP contribution in [0.5, 0.6) is 0 Å². The summed E-state index contributed by atoms with van der Waals surface area (Å²) in [6, 6.07) is 9.39. The van der Waals surface area contributed by atoms with Gasteiger partial charge in [-0.3, -0.25) is 4.98 Å². The quantitative estimate of drug-likeness (QED) is 0.790. The van der Waals surface area contributed by atoms with Crippen LogP contribution < -0.4 is 5.73 Å². The highest BCUT2D eigenvalue weighted by molar-refractivity contribution is 5.82. The molecular formula is C15H16N4O. The van der Waals surface area contributed by atoms with Gasteiger partial charge < -0.3 is 10.3 Å². The fourth-order valence-electron chi connectivity index (χ4n) is 2.13. The number of hydrogen-bond donors (Lipinski definition) is 1. The van der Waals surface area contributed by atoms with Gasteiger partial charge in [0.1, 0.15) is 0 Å². The van der Waals surface area contributed by atoms with Gasteiger partial charge >= 0.3 is 0 Å². The van der Waals surface area contributed by atoms with E-state index in [1.165, 1.54) is 0 Å². The van der Waals surface area contributed by atoms with Gasteiger partial charge in [-0.25, -0.2) is 0 Å². The Morgan fingerprint density at radius 3 is 2.70 bits per heavy atom. The topological polar surface area (TPSA) is 77.8 Å². The van der Waals surface area contributed by atoms with E-state index in [1.54, 1.807) is 6.20 Å². The van der Waals surface area contributed by atoms with Gasteiger partial charge in [0.15, 0.2) is 5.82 Å². The fourth-order valence-corrected chi connectivity index (χ4v) is 2.13. The summed E-state index contributed by atoms with van der Waals surface area (Å²) in [5, 5.41) is 5.03. The number of rotatable bonds is 3. The molecule has 5 nitrogen and oxygen atoms in total. The second kappa shape index (κ2) is 5.02. The van der Waals surface area contributed by atoms with E-state index in [-0.39, 0.29) is 5.92 Å². The highest BCUT2D eigenvalue weighted by Gasteiger charge is 2.19. The lowest BCUT2D eigenvalue weighted by atomic mass is 10.0. The minimum absolute atomic E-state index is 0.189. The van der Waals surface area contributed by atoms with E-state index in [1.807, 2.05) is 44.2 Å².